The summed E-state index contributed by atoms with van der Waals surface area (Å²) in [6.07, 6.45) is 5.52. The number of nitrogens with zero attached hydrogens (tertiary/aromatic N) is 2. The van der Waals surface area contributed by atoms with E-state index < -0.39 is 0 Å². The van der Waals surface area contributed by atoms with Crippen LogP contribution in [-0.4, -0.2) is 47.9 Å². The molecule has 0 radical (unpaired) electrons. The van der Waals surface area contributed by atoms with Crippen molar-refractivity contribution in [1.82, 2.24) is 9.80 Å². The molecule has 0 bridgehead atoms. The van der Waals surface area contributed by atoms with Crippen LogP contribution in [0.25, 0.3) is 0 Å². The molecule has 2 heterocycles. The minimum Gasteiger partial charge on any atom is -0.459 e. The zero-order valence-electron chi connectivity index (χ0n) is 14.7. The van der Waals surface area contributed by atoms with Gasteiger partial charge in [0, 0.05) is 31.9 Å². The highest BCUT2D eigenvalue weighted by atomic mass is 16.3. The van der Waals surface area contributed by atoms with Gasteiger partial charge in [-0.1, -0.05) is 12.1 Å². The van der Waals surface area contributed by atoms with Crippen LogP contribution in [0.1, 0.15) is 34.5 Å². The summed E-state index contributed by atoms with van der Waals surface area (Å²) < 4.78 is 5.20. The third-order valence-electron chi connectivity index (χ3n) is 5.19. The molecule has 1 saturated heterocycles. The maximum Gasteiger partial charge on any atom is 0.321 e. The smallest absolute Gasteiger partial charge is 0.321 e. The maximum atomic E-state index is 12.7. The summed E-state index contributed by atoms with van der Waals surface area (Å²) in [5.41, 5.74) is 3.54. The summed E-state index contributed by atoms with van der Waals surface area (Å²) in [6, 6.07) is 9.43. The van der Waals surface area contributed by atoms with Crippen LogP contribution in [0, 0.1) is 0 Å². The molecule has 1 aliphatic heterocycles. The number of amides is 3. The Balaban J connectivity index is 1.39. The first-order valence-corrected chi connectivity index (χ1v) is 9.22. The first-order chi connectivity index (χ1) is 12.7. The third kappa shape index (κ3) is 3.31. The van der Waals surface area contributed by atoms with Crippen LogP contribution < -0.4 is 5.32 Å². The Labute approximate surface area is 152 Å². The Hall–Kier alpha value is -2.76. The zero-order chi connectivity index (χ0) is 17.9. The SMILES string of the molecule is O=C(Nc1cccc2c1CCC2)N1CCCN(C(=O)c2ccco2)CC1. The minimum atomic E-state index is -0.113. The Morgan fingerprint density at radius 2 is 1.77 bits per heavy atom. The molecule has 6 heteroatoms. The van der Waals surface area contributed by atoms with Crippen LogP contribution in [0.2, 0.25) is 0 Å². The van der Waals surface area contributed by atoms with E-state index in [0.29, 0.717) is 31.9 Å². The van der Waals surface area contributed by atoms with Crippen LogP contribution in [0.3, 0.4) is 0 Å². The van der Waals surface area contributed by atoms with Gasteiger partial charge >= 0.3 is 6.03 Å². The van der Waals surface area contributed by atoms with Gasteiger partial charge in [0.15, 0.2) is 5.76 Å². The number of anilines is 1. The molecule has 136 valence electrons. The fraction of sp³-hybridized carbons (Fsp3) is 0.400. The van der Waals surface area contributed by atoms with Crippen molar-refractivity contribution in [2.45, 2.75) is 25.7 Å². The second kappa shape index (κ2) is 7.23. The lowest BCUT2D eigenvalue weighted by Gasteiger charge is -2.22. The second-order valence-corrected chi connectivity index (χ2v) is 6.84. The van der Waals surface area contributed by atoms with Gasteiger partial charge in [-0.2, -0.15) is 0 Å². The molecular weight excluding hydrogens is 330 g/mol. The summed E-state index contributed by atoms with van der Waals surface area (Å²) in [5.74, 6) is 0.237. The molecule has 2 aromatic rings. The Morgan fingerprint density at radius 1 is 0.923 bits per heavy atom. The summed E-state index contributed by atoms with van der Waals surface area (Å²) in [7, 11) is 0. The number of carbonyl (C=O) groups is 2. The molecule has 1 aromatic carbocycles. The number of benzene rings is 1. The van der Waals surface area contributed by atoms with Crippen LogP contribution in [0.4, 0.5) is 10.5 Å². The fourth-order valence-corrected chi connectivity index (χ4v) is 3.81. The normalized spacial score (nSPS) is 16.9. The van der Waals surface area contributed by atoms with E-state index in [2.05, 4.69) is 11.4 Å². The molecule has 6 nitrogen and oxygen atoms in total. The summed E-state index contributed by atoms with van der Waals surface area (Å²) in [5, 5.41) is 3.08. The number of rotatable bonds is 2. The molecule has 3 amide bonds. The van der Waals surface area contributed by atoms with Crippen molar-refractivity contribution in [2.75, 3.05) is 31.5 Å². The van der Waals surface area contributed by atoms with Gasteiger partial charge in [0.2, 0.25) is 0 Å². The molecule has 1 aromatic heterocycles. The highest BCUT2D eigenvalue weighted by Gasteiger charge is 2.25. The largest absolute Gasteiger partial charge is 0.459 e. The molecule has 0 spiro atoms. The molecule has 1 N–H and O–H groups in total. The summed E-state index contributed by atoms with van der Waals surface area (Å²) in [4.78, 5) is 28.7. The van der Waals surface area contributed by atoms with Gasteiger partial charge in [0.25, 0.3) is 5.91 Å². The van der Waals surface area contributed by atoms with E-state index in [0.717, 1.165) is 31.4 Å². The number of furan rings is 1. The highest BCUT2D eigenvalue weighted by molar-refractivity contribution is 5.92. The van der Waals surface area contributed by atoms with E-state index in [-0.39, 0.29) is 11.9 Å². The average molecular weight is 353 g/mol. The Bertz CT molecular complexity index is 801. The van der Waals surface area contributed by atoms with Gasteiger partial charge in [0.05, 0.1) is 6.26 Å². The lowest BCUT2D eigenvalue weighted by atomic mass is 10.1. The van der Waals surface area contributed by atoms with Gasteiger partial charge < -0.3 is 19.5 Å². The number of hydrogen-bond donors (Lipinski definition) is 1. The van der Waals surface area contributed by atoms with Crippen molar-refractivity contribution in [3.8, 4) is 0 Å². The third-order valence-corrected chi connectivity index (χ3v) is 5.19. The number of carbonyl (C=O) groups excluding carboxylic acids is 2. The summed E-state index contributed by atoms with van der Waals surface area (Å²) in [6.45, 7) is 2.31. The highest BCUT2D eigenvalue weighted by Crippen LogP contribution is 2.29. The number of nitrogens with one attached hydrogen (secondary N) is 1. The van der Waals surface area contributed by atoms with E-state index in [9.17, 15) is 9.59 Å². The van der Waals surface area contributed by atoms with Gasteiger partial charge in [-0.05, 0) is 55.0 Å². The van der Waals surface area contributed by atoms with E-state index in [4.69, 9.17) is 4.42 Å². The fourth-order valence-electron chi connectivity index (χ4n) is 3.81. The lowest BCUT2D eigenvalue weighted by Crippen LogP contribution is -2.39. The Kier molecular flexibility index (Phi) is 4.65. The molecule has 1 aliphatic carbocycles. The van der Waals surface area contributed by atoms with Crippen LogP contribution >= 0.6 is 0 Å². The van der Waals surface area contributed by atoms with E-state index in [1.807, 2.05) is 12.1 Å². The molecule has 2 aliphatic rings. The lowest BCUT2D eigenvalue weighted by molar-refractivity contribution is 0.0731. The van der Waals surface area contributed by atoms with Gasteiger partial charge in [-0.15, -0.1) is 0 Å². The Morgan fingerprint density at radius 3 is 2.62 bits per heavy atom. The number of aryl methyl sites for hydroxylation is 1. The zero-order valence-corrected chi connectivity index (χ0v) is 14.7. The number of urea groups is 1. The van der Waals surface area contributed by atoms with Gasteiger partial charge in [-0.25, -0.2) is 4.79 Å². The molecule has 26 heavy (non-hydrogen) atoms. The number of hydrogen-bond acceptors (Lipinski definition) is 3. The van der Waals surface area contributed by atoms with E-state index >= 15 is 0 Å². The van der Waals surface area contributed by atoms with Crippen molar-refractivity contribution in [3.05, 3.63) is 53.5 Å². The quantitative estimate of drug-likeness (QED) is 0.902. The van der Waals surface area contributed by atoms with E-state index in [1.54, 1.807) is 21.9 Å². The van der Waals surface area contributed by atoms with Crippen molar-refractivity contribution in [2.24, 2.45) is 0 Å². The van der Waals surface area contributed by atoms with Crippen LogP contribution in [0.15, 0.2) is 41.0 Å². The average Bonchev–Trinajstić information content (AvgIpc) is 3.29. The standard InChI is InChI=1S/C20H23N3O3/c24-19(18-9-3-14-26-18)22-10-4-11-23(13-12-22)20(25)21-17-8-2-6-15-5-1-7-16(15)17/h2-3,6,8-9,14H,1,4-5,7,10-13H2,(H,21,25). The van der Waals surface area contributed by atoms with Gasteiger partial charge in [0.1, 0.15) is 0 Å². The first kappa shape index (κ1) is 16.7. The van der Waals surface area contributed by atoms with E-state index in [1.165, 1.54) is 17.4 Å². The monoisotopic (exact) mass is 353 g/mol. The van der Waals surface area contributed by atoms with Crippen molar-refractivity contribution < 1.29 is 14.0 Å². The molecular formula is C20H23N3O3. The topological polar surface area (TPSA) is 65.8 Å². The molecule has 4 rings (SSSR count). The van der Waals surface area contributed by atoms with Crippen molar-refractivity contribution in [3.63, 3.8) is 0 Å². The molecule has 1 fully saturated rings. The first-order valence-electron chi connectivity index (χ1n) is 9.22. The van der Waals surface area contributed by atoms with Gasteiger partial charge in [-0.3, -0.25) is 4.79 Å². The molecule has 0 atom stereocenters. The van der Waals surface area contributed by atoms with Crippen LogP contribution in [0.5, 0.6) is 0 Å². The molecule has 0 saturated carbocycles. The predicted octanol–water partition coefficient (Wildman–Crippen LogP) is 3.15. The number of fused-ring (bicyclic) bond motifs is 1. The molecule has 0 unspecified atom stereocenters. The predicted molar refractivity (Wildman–Crippen MR) is 98.3 cm³/mol. The maximum absolute atomic E-state index is 12.7. The van der Waals surface area contributed by atoms with Crippen LogP contribution in [-0.2, 0) is 12.8 Å². The summed E-state index contributed by atoms with van der Waals surface area (Å²) >= 11 is 0. The van der Waals surface area contributed by atoms with Crippen molar-refractivity contribution >= 4 is 17.6 Å². The second-order valence-electron chi connectivity index (χ2n) is 6.84. The van der Waals surface area contributed by atoms with Crippen molar-refractivity contribution in [1.29, 1.82) is 0 Å². The minimum absolute atomic E-state index is 0.0856.